The third-order valence-corrected chi connectivity index (χ3v) is 3.96. The summed E-state index contributed by atoms with van der Waals surface area (Å²) in [6.45, 7) is 5.96. The van der Waals surface area contributed by atoms with Crippen molar-refractivity contribution in [3.05, 3.63) is 77.9 Å². The monoisotopic (exact) mass is 325 g/mol. The van der Waals surface area contributed by atoms with E-state index in [2.05, 4.69) is 11.9 Å². The van der Waals surface area contributed by atoms with Crippen molar-refractivity contribution in [1.29, 1.82) is 0 Å². The van der Waals surface area contributed by atoms with Crippen LogP contribution in [0.5, 0.6) is 5.75 Å². The van der Waals surface area contributed by atoms with Crippen LogP contribution in [0.4, 0.5) is 0 Å². The number of carbonyl (C=O) groups excluding carboxylic acids is 1. The van der Waals surface area contributed by atoms with Gasteiger partial charge in [0.25, 0.3) is 0 Å². The van der Waals surface area contributed by atoms with Crippen molar-refractivity contribution in [3.8, 4) is 5.75 Å². The van der Waals surface area contributed by atoms with Gasteiger partial charge in [-0.05, 0) is 30.2 Å². The van der Waals surface area contributed by atoms with E-state index in [9.17, 15) is 4.79 Å². The molecule has 4 heteroatoms. The largest absolute Gasteiger partial charge is 0.497 e. The van der Waals surface area contributed by atoms with Crippen LogP contribution in [0, 0.1) is 0 Å². The molecule has 2 aromatic rings. The van der Waals surface area contributed by atoms with Gasteiger partial charge in [-0.1, -0.05) is 49.0 Å². The molecule has 0 heterocycles. The van der Waals surface area contributed by atoms with Gasteiger partial charge in [-0.2, -0.15) is 0 Å². The standard InChI is InChI=1S/C20H23NO3/c1-14(20(22)24-4)19(17-8-6-5-7-9-17)21-15(2)16-10-12-18(23-3)13-11-16/h5-13,15,19,21H,1H2,2-4H3/t15-,19-/m1/s1. The van der Waals surface area contributed by atoms with E-state index < -0.39 is 5.97 Å². The van der Waals surface area contributed by atoms with Gasteiger partial charge in [-0.3, -0.25) is 5.32 Å². The number of ether oxygens (including phenoxy) is 2. The molecule has 0 saturated carbocycles. The van der Waals surface area contributed by atoms with Gasteiger partial charge >= 0.3 is 5.97 Å². The zero-order valence-electron chi connectivity index (χ0n) is 14.3. The Balaban J connectivity index is 2.23. The average molecular weight is 325 g/mol. The minimum atomic E-state index is -0.418. The van der Waals surface area contributed by atoms with Crippen molar-refractivity contribution in [3.63, 3.8) is 0 Å². The molecule has 0 aromatic heterocycles. The first-order chi connectivity index (χ1) is 11.6. The molecule has 2 rings (SSSR count). The molecule has 2 atom stereocenters. The van der Waals surface area contributed by atoms with Crippen LogP contribution in [0.25, 0.3) is 0 Å². The minimum Gasteiger partial charge on any atom is -0.497 e. The lowest BCUT2D eigenvalue weighted by molar-refractivity contribution is -0.136. The van der Waals surface area contributed by atoms with Gasteiger partial charge in [0.15, 0.2) is 0 Å². The summed E-state index contributed by atoms with van der Waals surface area (Å²) in [6, 6.07) is 17.3. The van der Waals surface area contributed by atoms with Crippen LogP contribution in [0.2, 0.25) is 0 Å². The normalized spacial score (nSPS) is 13.0. The Labute approximate surface area is 143 Å². The van der Waals surface area contributed by atoms with Crippen LogP contribution in [-0.2, 0) is 9.53 Å². The number of rotatable bonds is 7. The van der Waals surface area contributed by atoms with Crippen LogP contribution < -0.4 is 10.1 Å². The Bertz CT molecular complexity index is 680. The lowest BCUT2D eigenvalue weighted by Crippen LogP contribution is -2.29. The molecule has 0 amide bonds. The van der Waals surface area contributed by atoms with E-state index >= 15 is 0 Å². The predicted octanol–water partition coefficient (Wildman–Crippen LogP) is 3.82. The number of hydrogen-bond donors (Lipinski definition) is 1. The van der Waals surface area contributed by atoms with E-state index in [1.54, 1.807) is 7.11 Å². The number of benzene rings is 2. The Morgan fingerprint density at radius 3 is 2.17 bits per heavy atom. The highest BCUT2D eigenvalue weighted by molar-refractivity contribution is 5.89. The van der Waals surface area contributed by atoms with E-state index in [-0.39, 0.29) is 12.1 Å². The molecule has 4 nitrogen and oxygen atoms in total. The highest BCUT2D eigenvalue weighted by atomic mass is 16.5. The van der Waals surface area contributed by atoms with Crippen molar-refractivity contribution in [1.82, 2.24) is 5.32 Å². The van der Waals surface area contributed by atoms with E-state index in [0.717, 1.165) is 16.9 Å². The van der Waals surface area contributed by atoms with E-state index in [1.165, 1.54) is 7.11 Å². The van der Waals surface area contributed by atoms with Crippen LogP contribution >= 0.6 is 0 Å². The fourth-order valence-electron chi connectivity index (χ4n) is 2.53. The summed E-state index contributed by atoms with van der Waals surface area (Å²) in [6.07, 6.45) is 0. The molecule has 0 spiro atoms. The summed E-state index contributed by atoms with van der Waals surface area (Å²) in [5.74, 6) is 0.391. The molecular weight excluding hydrogens is 302 g/mol. The fourth-order valence-corrected chi connectivity index (χ4v) is 2.53. The Kier molecular flexibility index (Phi) is 6.15. The van der Waals surface area contributed by atoms with Crippen LogP contribution in [0.1, 0.15) is 30.1 Å². The first-order valence-corrected chi connectivity index (χ1v) is 7.79. The molecule has 0 aliphatic carbocycles. The lowest BCUT2D eigenvalue weighted by Gasteiger charge is -2.25. The van der Waals surface area contributed by atoms with Crippen molar-refractivity contribution < 1.29 is 14.3 Å². The van der Waals surface area contributed by atoms with Crippen molar-refractivity contribution >= 4 is 5.97 Å². The Morgan fingerprint density at radius 2 is 1.62 bits per heavy atom. The van der Waals surface area contributed by atoms with E-state index in [4.69, 9.17) is 9.47 Å². The quantitative estimate of drug-likeness (QED) is 0.621. The molecule has 2 aromatic carbocycles. The summed E-state index contributed by atoms with van der Waals surface area (Å²) in [4.78, 5) is 11.9. The van der Waals surface area contributed by atoms with Crippen molar-refractivity contribution in [2.45, 2.75) is 19.0 Å². The molecule has 0 fully saturated rings. The smallest absolute Gasteiger partial charge is 0.335 e. The summed E-state index contributed by atoms with van der Waals surface area (Å²) in [5.41, 5.74) is 2.44. The third kappa shape index (κ3) is 4.24. The van der Waals surface area contributed by atoms with Gasteiger partial charge < -0.3 is 9.47 Å². The average Bonchev–Trinajstić information content (AvgIpc) is 2.65. The van der Waals surface area contributed by atoms with E-state index in [0.29, 0.717) is 5.57 Å². The molecule has 0 unspecified atom stereocenters. The highest BCUT2D eigenvalue weighted by Gasteiger charge is 2.23. The molecule has 126 valence electrons. The molecule has 0 saturated heterocycles. The molecule has 0 aliphatic rings. The molecule has 24 heavy (non-hydrogen) atoms. The summed E-state index contributed by atoms with van der Waals surface area (Å²) >= 11 is 0. The van der Waals surface area contributed by atoms with Crippen molar-refractivity contribution in [2.75, 3.05) is 14.2 Å². The SMILES string of the molecule is C=C(C(=O)OC)[C@@H](N[C@H](C)c1ccc(OC)cc1)c1ccccc1. The third-order valence-electron chi connectivity index (χ3n) is 3.96. The van der Waals surface area contributed by atoms with Crippen LogP contribution in [0.15, 0.2) is 66.7 Å². The van der Waals surface area contributed by atoms with Gasteiger partial charge in [0.1, 0.15) is 5.75 Å². The minimum absolute atomic E-state index is 0.0162. The van der Waals surface area contributed by atoms with Gasteiger partial charge in [0.2, 0.25) is 0 Å². The summed E-state index contributed by atoms with van der Waals surface area (Å²) in [5, 5.41) is 3.46. The van der Waals surface area contributed by atoms with Crippen molar-refractivity contribution in [2.24, 2.45) is 0 Å². The molecule has 0 radical (unpaired) electrons. The molecule has 0 aliphatic heterocycles. The van der Waals surface area contributed by atoms with E-state index in [1.807, 2.05) is 61.5 Å². The second kappa shape index (κ2) is 8.31. The van der Waals surface area contributed by atoms with Crippen LogP contribution in [-0.4, -0.2) is 20.2 Å². The van der Waals surface area contributed by atoms with Gasteiger partial charge in [-0.15, -0.1) is 0 Å². The summed E-state index contributed by atoms with van der Waals surface area (Å²) in [7, 11) is 3.00. The zero-order valence-corrected chi connectivity index (χ0v) is 14.3. The fraction of sp³-hybridized carbons (Fsp3) is 0.250. The Morgan fingerprint density at radius 1 is 1.00 bits per heavy atom. The first-order valence-electron chi connectivity index (χ1n) is 7.79. The maximum atomic E-state index is 11.9. The summed E-state index contributed by atoms with van der Waals surface area (Å²) < 4.78 is 10.0. The number of methoxy groups -OCH3 is 2. The second-order valence-corrected chi connectivity index (χ2v) is 5.52. The number of nitrogens with one attached hydrogen (secondary N) is 1. The maximum absolute atomic E-state index is 11.9. The highest BCUT2D eigenvalue weighted by Crippen LogP contribution is 2.26. The van der Waals surface area contributed by atoms with Gasteiger partial charge in [-0.25, -0.2) is 4.79 Å². The number of esters is 1. The topological polar surface area (TPSA) is 47.6 Å². The van der Waals surface area contributed by atoms with Gasteiger partial charge in [0, 0.05) is 6.04 Å². The first kappa shape index (κ1) is 17.8. The lowest BCUT2D eigenvalue weighted by atomic mass is 9.97. The predicted molar refractivity (Wildman–Crippen MR) is 94.9 cm³/mol. The maximum Gasteiger partial charge on any atom is 0.335 e. The number of hydrogen-bond acceptors (Lipinski definition) is 4. The number of carbonyl (C=O) groups is 1. The second-order valence-electron chi connectivity index (χ2n) is 5.52. The molecule has 0 bridgehead atoms. The van der Waals surface area contributed by atoms with Crippen LogP contribution in [0.3, 0.4) is 0 Å². The molecular formula is C20H23NO3. The Hall–Kier alpha value is -2.59. The molecule has 1 N–H and O–H groups in total. The zero-order chi connectivity index (χ0) is 17.5. The van der Waals surface area contributed by atoms with Gasteiger partial charge in [0.05, 0.1) is 25.8 Å².